The molecule has 0 spiro atoms. The van der Waals surface area contributed by atoms with Gasteiger partial charge in [-0.1, -0.05) is 41.5 Å². The van der Waals surface area contributed by atoms with Crippen LogP contribution in [0.1, 0.15) is 67.7 Å². The average molecular weight is 295 g/mol. The second kappa shape index (κ2) is 5.86. The topological polar surface area (TPSA) is 44.5 Å². The average Bonchev–Trinajstić information content (AvgIpc) is 2.77. The minimum Gasteiger partial charge on any atom is -0.404 e. The molecule has 4 heteroatoms. The first-order valence-corrected chi connectivity index (χ1v) is 8.84. The summed E-state index contributed by atoms with van der Waals surface area (Å²) in [6.45, 7) is 15.4. The van der Waals surface area contributed by atoms with Gasteiger partial charge in [0.2, 0.25) is 0 Å². The number of rotatable bonds is 3. The molecule has 1 aliphatic heterocycles. The van der Waals surface area contributed by atoms with Crippen LogP contribution in [0.15, 0.2) is 0 Å². The standard InChI is InChI=1S/C15H28BNO2.C2H6/c1-9(2)6-13(17)16-18-12-8-10-7-11(14(10,3)4)15(12,5)19-16;1-2/h9-13H,6-8,17H2,1-5H3;1-2H3/t10-,11-,12+,13-,15-;/m0./s1. The Morgan fingerprint density at radius 1 is 1.19 bits per heavy atom. The van der Waals surface area contributed by atoms with Crippen molar-refractivity contribution in [2.24, 2.45) is 28.9 Å². The van der Waals surface area contributed by atoms with Gasteiger partial charge in [-0.15, -0.1) is 0 Å². The maximum atomic E-state index is 6.35. The van der Waals surface area contributed by atoms with E-state index in [1.807, 2.05) is 13.8 Å². The summed E-state index contributed by atoms with van der Waals surface area (Å²) in [7, 11) is -0.201. The third-order valence-corrected chi connectivity index (χ3v) is 6.06. The molecule has 0 aromatic rings. The van der Waals surface area contributed by atoms with Crippen LogP contribution in [0.25, 0.3) is 0 Å². The quantitative estimate of drug-likeness (QED) is 0.808. The van der Waals surface area contributed by atoms with Gasteiger partial charge >= 0.3 is 7.12 Å². The van der Waals surface area contributed by atoms with E-state index in [9.17, 15) is 0 Å². The fourth-order valence-electron chi connectivity index (χ4n) is 4.74. The summed E-state index contributed by atoms with van der Waals surface area (Å²) in [5.74, 6) is 2.02. The van der Waals surface area contributed by atoms with E-state index in [0.29, 0.717) is 17.3 Å². The third-order valence-electron chi connectivity index (χ3n) is 6.06. The maximum Gasteiger partial charge on any atom is 0.475 e. The first-order valence-electron chi connectivity index (χ1n) is 8.84. The SMILES string of the molecule is CC.CC(C)C[C@H](N)B1O[C@@H]2C[C@@H]3C[C@@H](C3(C)C)[C@]2(C)O1. The first-order chi connectivity index (χ1) is 9.75. The highest BCUT2D eigenvalue weighted by Gasteiger charge is 2.68. The lowest BCUT2D eigenvalue weighted by atomic mass is 9.43. The van der Waals surface area contributed by atoms with Gasteiger partial charge < -0.3 is 15.0 Å². The van der Waals surface area contributed by atoms with Crippen LogP contribution in [-0.2, 0) is 9.31 Å². The second-order valence-electron chi connectivity index (χ2n) is 8.13. The summed E-state index contributed by atoms with van der Waals surface area (Å²) in [5.41, 5.74) is 6.56. The zero-order chi connectivity index (χ0) is 16.0. The zero-order valence-electron chi connectivity index (χ0n) is 15.0. The Labute approximate surface area is 131 Å². The molecule has 4 rings (SSSR count). The lowest BCUT2D eigenvalue weighted by molar-refractivity contribution is -0.199. The Morgan fingerprint density at radius 3 is 2.33 bits per heavy atom. The van der Waals surface area contributed by atoms with Gasteiger partial charge in [-0.05, 0) is 49.4 Å². The molecule has 0 aromatic carbocycles. The molecule has 4 fully saturated rings. The van der Waals surface area contributed by atoms with Gasteiger partial charge in [0.15, 0.2) is 0 Å². The lowest BCUT2D eigenvalue weighted by Gasteiger charge is -2.64. The van der Waals surface area contributed by atoms with Crippen molar-refractivity contribution in [3.05, 3.63) is 0 Å². The van der Waals surface area contributed by atoms with E-state index >= 15 is 0 Å². The van der Waals surface area contributed by atoms with Crippen molar-refractivity contribution >= 4 is 7.12 Å². The molecule has 21 heavy (non-hydrogen) atoms. The Balaban J connectivity index is 0.000000774. The highest BCUT2D eigenvalue weighted by Crippen LogP contribution is 2.65. The van der Waals surface area contributed by atoms with E-state index in [-0.39, 0.29) is 24.8 Å². The highest BCUT2D eigenvalue weighted by molar-refractivity contribution is 6.47. The largest absolute Gasteiger partial charge is 0.475 e. The van der Waals surface area contributed by atoms with Gasteiger partial charge in [0.25, 0.3) is 0 Å². The molecule has 1 heterocycles. The van der Waals surface area contributed by atoms with Crippen molar-refractivity contribution in [1.29, 1.82) is 0 Å². The molecule has 122 valence electrons. The van der Waals surface area contributed by atoms with Crippen LogP contribution in [0.3, 0.4) is 0 Å². The second-order valence-corrected chi connectivity index (χ2v) is 8.13. The molecule has 1 saturated heterocycles. The smallest absolute Gasteiger partial charge is 0.404 e. The summed E-state index contributed by atoms with van der Waals surface area (Å²) in [4.78, 5) is 0. The normalized spacial score (nSPS) is 41.0. The van der Waals surface area contributed by atoms with Crippen LogP contribution in [-0.4, -0.2) is 24.8 Å². The minimum atomic E-state index is -0.201. The monoisotopic (exact) mass is 295 g/mol. The van der Waals surface area contributed by atoms with Crippen LogP contribution in [0.2, 0.25) is 0 Å². The molecule has 0 amide bonds. The summed E-state index contributed by atoms with van der Waals surface area (Å²) in [6, 6.07) is 0. The van der Waals surface area contributed by atoms with E-state index in [2.05, 4.69) is 34.6 Å². The maximum absolute atomic E-state index is 6.35. The van der Waals surface area contributed by atoms with Gasteiger partial charge in [0, 0.05) is 5.94 Å². The molecule has 3 aliphatic carbocycles. The Bertz CT molecular complexity index is 374. The molecule has 2 N–H and O–H groups in total. The predicted molar refractivity (Wildman–Crippen MR) is 88.9 cm³/mol. The van der Waals surface area contributed by atoms with Crippen LogP contribution in [0.5, 0.6) is 0 Å². The highest BCUT2D eigenvalue weighted by atomic mass is 16.7. The number of hydrogen-bond acceptors (Lipinski definition) is 3. The van der Waals surface area contributed by atoms with Crippen molar-refractivity contribution in [2.45, 2.75) is 85.4 Å². The summed E-state index contributed by atoms with van der Waals surface area (Å²) in [5, 5.41) is 0. The van der Waals surface area contributed by atoms with E-state index in [0.717, 1.165) is 18.8 Å². The van der Waals surface area contributed by atoms with Crippen molar-refractivity contribution in [1.82, 2.24) is 0 Å². The fourth-order valence-corrected chi connectivity index (χ4v) is 4.74. The Morgan fingerprint density at radius 2 is 1.81 bits per heavy atom. The van der Waals surface area contributed by atoms with Crippen molar-refractivity contribution < 1.29 is 9.31 Å². The van der Waals surface area contributed by atoms with Gasteiger partial charge in [-0.3, -0.25) is 0 Å². The van der Waals surface area contributed by atoms with Gasteiger partial charge in [0.05, 0.1) is 11.7 Å². The molecule has 3 nitrogen and oxygen atoms in total. The zero-order valence-corrected chi connectivity index (χ0v) is 15.0. The number of nitrogens with two attached hydrogens (primary N) is 1. The van der Waals surface area contributed by atoms with Crippen LogP contribution in [0, 0.1) is 23.2 Å². The molecule has 3 saturated carbocycles. The molecule has 0 unspecified atom stereocenters. The Kier molecular flexibility index (Phi) is 4.83. The predicted octanol–water partition coefficient (Wildman–Crippen LogP) is 3.65. The van der Waals surface area contributed by atoms with Gasteiger partial charge in [0.1, 0.15) is 0 Å². The molecular weight excluding hydrogens is 261 g/mol. The molecule has 5 atom stereocenters. The fraction of sp³-hybridized carbons (Fsp3) is 1.00. The summed E-state index contributed by atoms with van der Waals surface area (Å²) in [6.07, 6.45) is 3.67. The van der Waals surface area contributed by atoms with Crippen LogP contribution >= 0.6 is 0 Å². The third kappa shape index (κ3) is 2.68. The van der Waals surface area contributed by atoms with Gasteiger partial charge in [-0.25, -0.2) is 0 Å². The molecule has 0 aromatic heterocycles. The first kappa shape index (κ1) is 17.3. The van der Waals surface area contributed by atoms with E-state index in [1.165, 1.54) is 6.42 Å². The lowest BCUT2D eigenvalue weighted by Crippen LogP contribution is -2.65. The van der Waals surface area contributed by atoms with Crippen LogP contribution < -0.4 is 5.73 Å². The van der Waals surface area contributed by atoms with Gasteiger partial charge in [-0.2, -0.15) is 0 Å². The summed E-state index contributed by atoms with van der Waals surface area (Å²) < 4.78 is 12.5. The minimum absolute atomic E-state index is 0.00253. The number of hydrogen-bond donors (Lipinski definition) is 1. The molecule has 0 radical (unpaired) electrons. The van der Waals surface area contributed by atoms with E-state index in [4.69, 9.17) is 15.0 Å². The van der Waals surface area contributed by atoms with E-state index in [1.54, 1.807) is 0 Å². The van der Waals surface area contributed by atoms with E-state index < -0.39 is 0 Å². The Hall–Kier alpha value is -0.0551. The van der Waals surface area contributed by atoms with Crippen molar-refractivity contribution in [3.8, 4) is 0 Å². The van der Waals surface area contributed by atoms with Crippen molar-refractivity contribution in [3.63, 3.8) is 0 Å². The molecular formula is C17H34BNO2. The van der Waals surface area contributed by atoms with Crippen molar-refractivity contribution in [2.75, 3.05) is 0 Å². The summed E-state index contributed by atoms with van der Waals surface area (Å²) >= 11 is 0. The van der Waals surface area contributed by atoms with Crippen LogP contribution in [0.4, 0.5) is 0 Å². The molecule has 4 aliphatic rings. The molecule has 2 bridgehead atoms.